The molecule has 2 aliphatic rings. The van der Waals surface area contributed by atoms with Gasteiger partial charge in [0.05, 0.1) is 15.4 Å². The van der Waals surface area contributed by atoms with Crippen LogP contribution in [0.15, 0.2) is 18.5 Å². The van der Waals surface area contributed by atoms with Gasteiger partial charge in [-0.3, -0.25) is 4.79 Å². The number of nitrogens with one attached hydrogen (secondary N) is 2. The minimum atomic E-state index is -0.131. The summed E-state index contributed by atoms with van der Waals surface area (Å²) in [6.07, 6.45) is 5.82. The molecule has 2 aromatic rings. The summed E-state index contributed by atoms with van der Waals surface area (Å²) < 4.78 is 0. The first kappa shape index (κ1) is 12.6. The lowest BCUT2D eigenvalue weighted by Crippen LogP contribution is -2.36. The molecule has 7 heteroatoms. The number of hydrogen-bond acceptors (Lipinski definition) is 6. The van der Waals surface area contributed by atoms with Gasteiger partial charge in [-0.25, -0.2) is 9.97 Å². The monoisotopic (exact) mass is 301 g/mol. The fourth-order valence-electron chi connectivity index (χ4n) is 3.26. The fraction of sp³-hybridized carbons (Fsp3) is 0.357. The van der Waals surface area contributed by atoms with E-state index in [-0.39, 0.29) is 11.4 Å². The fourth-order valence-corrected chi connectivity index (χ4v) is 4.32. The highest BCUT2D eigenvalue weighted by atomic mass is 32.1. The summed E-state index contributed by atoms with van der Waals surface area (Å²) in [6.45, 7) is 0. The van der Waals surface area contributed by atoms with Crippen LogP contribution in [-0.2, 0) is 5.54 Å². The highest BCUT2D eigenvalue weighted by Crippen LogP contribution is 2.48. The quantitative estimate of drug-likeness (QED) is 0.792. The highest BCUT2D eigenvalue weighted by molar-refractivity contribution is 7.18. The minimum absolute atomic E-state index is 0.0483. The summed E-state index contributed by atoms with van der Waals surface area (Å²) in [4.78, 5) is 21.0. The number of anilines is 3. The molecule has 2 aromatic heterocycles. The van der Waals surface area contributed by atoms with Gasteiger partial charge in [0.25, 0.3) is 5.91 Å². The number of amides is 1. The molecule has 6 nitrogen and oxygen atoms in total. The third kappa shape index (κ3) is 1.96. The number of rotatable bonds is 2. The maximum absolute atomic E-state index is 12.2. The third-order valence-electron chi connectivity index (χ3n) is 4.20. The Morgan fingerprint density at radius 2 is 2.10 bits per heavy atom. The molecule has 1 fully saturated rings. The summed E-state index contributed by atoms with van der Waals surface area (Å²) in [5.74, 6) is 1.11. The SMILES string of the molecule is Nc1cc(Nc2cc3c(s2)C(=O)NC32CCCC2)ncn1. The Morgan fingerprint density at radius 3 is 2.86 bits per heavy atom. The van der Waals surface area contributed by atoms with Gasteiger partial charge in [-0.15, -0.1) is 11.3 Å². The number of thiophene rings is 1. The molecule has 1 amide bonds. The van der Waals surface area contributed by atoms with Crippen molar-refractivity contribution in [2.75, 3.05) is 11.1 Å². The van der Waals surface area contributed by atoms with Crippen LogP contribution in [0.2, 0.25) is 0 Å². The molecule has 21 heavy (non-hydrogen) atoms. The van der Waals surface area contributed by atoms with Crippen LogP contribution in [0, 0.1) is 0 Å². The Labute approximate surface area is 125 Å². The number of nitrogens with two attached hydrogens (primary N) is 1. The maximum atomic E-state index is 12.2. The molecular formula is C14H15N5OS. The molecular weight excluding hydrogens is 286 g/mol. The first-order valence-electron chi connectivity index (χ1n) is 6.98. The second-order valence-corrected chi connectivity index (χ2v) is 6.60. The van der Waals surface area contributed by atoms with Crippen molar-refractivity contribution in [3.05, 3.63) is 28.9 Å². The number of carbonyl (C=O) groups is 1. The molecule has 4 rings (SSSR count). The number of nitrogens with zero attached hydrogens (tertiary/aromatic N) is 2. The van der Waals surface area contributed by atoms with Gasteiger partial charge in [-0.1, -0.05) is 12.8 Å². The smallest absolute Gasteiger partial charge is 0.262 e. The average Bonchev–Trinajstić information content (AvgIpc) is 3.11. The van der Waals surface area contributed by atoms with Crippen molar-refractivity contribution in [1.82, 2.24) is 15.3 Å². The molecule has 1 saturated carbocycles. The lowest BCUT2D eigenvalue weighted by molar-refractivity contribution is 0.0933. The van der Waals surface area contributed by atoms with Gasteiger partial charge < -0.3 is 16.4 Å². The van der Waals surface area contributed by atoms with Gasteiger partial charge in [-0.2, -0.15) is 0 Å². The van der Waals surface area contributed by atoms with Crippen molar-refractivity contribution in [1.29, 1.82) is 0 Å². The molecule has 0 aromatic carbocycles. The predicted molar refractivity (Wildman–Crippen MR) is 81.7 cm³/mol. The summed E-state index contributed by atoms with van der Waals surface area (Å²) in [6, 6.07) is 3.75. The van der Waals surface area contributed by atoms with E-state index in [0.717, 1.165) is 28.3 Å². The van der Waals surface area contributed by atoms with Gasteiger partial charge >= 0.3 is 0 Å². The third-order valence-corrected chi connectivity index (χ3v) is 5.25. The topological polar surface area (TPSA) is 92.9 Å². The second-order valence-electron chi connectivity index (χ2n) is 5.55. The number of carbonyl (C=O) groups excluding carboxylic acids is 1. The van der Waals surface area contributed by atoms with E-state index in [9.17, 15) is 4.79 Å². The summed E-state index contributed by atoms with van der Waals surface area (Å²) >= 11 is 1.47. The molecule has 3 heterocycles. The number of nitrogen functional groups attached to an aromatic ring is 1. The predicted octanol–water partition coefficient (Wildman–Crippen LogP) is 2.38. The van der Waals surface area contributed by atoms with Crippen molar-refractivity contribution in [3.63, 3.8) is 0 Å². The molecule has 1 aliphatic carbocycles. The van der Waals surface area contributed by atoms with Crippen LogP contribution in [0.4, 0.5) is 16.6 Å². The lowest BCUT2D eigenvalue weighted by atomic mass is 9.92. The van der Waals surface area contributed by atoms with Crippen LogP contribution in [0.5, 0.6) is 0 Å². The lowest BCUT2D eigenvalue weighted by Gasteiger charge is -2.23. The average molecular weight is 301 g/mol. The molecule has 4 N–H and O–H groups in total. The molecule has 1 spiro atoms. The van der Waals surface area contributed by atoms with Crippen molar-refractivity contribution in [2.45, 2.75) is 31.2 Å². The molecule has 1 aliphatic heterocycles. The van der Waals surface area contributed by atoms with Crippen LogP contribution in [0.25, 0.3) is 0 Å². The number of fused-ring (bicyclic) bond motifs is 2. The molecule has 0 unspecified atom stereocenters. The first-order valence-corrected chi connectivity index (χ1v) is 7.79. The Balaban J connectivity index is 1.68. The number of aromatic nitrogens is 2. The van der Waals surface area contributed by atoms with Crippen molar-refractivity contribution in [2.24, 2.45) is 0 Å². The van der Waals surface area contributed by atoms with Crippen molar-refractivity contribution in [3.8, 4) is 0 Å². The highest BCUT2D eigenvalue weighted by Gasteiger charge is 2.46. The van der Waals surface area contributed by atoms with E-state index in [2.05, 4.69) is 26.7 Å². The normalized spacial score (nSPS) is 18.8. The molecule has 0 radical (unpaired) electrons. The van der Waals surface area contributed by atoms with Crippen LogP contribution in [0.3, 0.4) is 0 Å². The zero-order chi connectivity index (χ0) is 14.4. The van der Waals surface area contributed by atoms with Gasteiger partial charge in [0.1, 0.15) is 18.0 Å². The minimum Gasteiger partial charge on any atom is -0.384 e. The molecule has 108 valence electrons. The molecule has 0 bridgehead atoms. The van der Waals surface area contributed by atoms with Crippen molar-refractivity contribution < 1.29 is 4.79 Å². The Morgan fingerprint density at radius 1 is 1.29 bits per heavy atom. The standard InChI is InChI=1S/C14H15N5OS/c15-9-6-10(17-7-16-9)18-11-5-8-12(21-11)13(20)19-14(8)3-1-2-4-14/h5-7H,1-4H2,(H,19,20)(H3,15,16,17,18). The Kier molecular flexibility index (Phi) is 2.65. The van der Waals surface area contributed by atoms with Crippen molar-refractivity contribution >= 4 is 33.9 Å². The van der Waals surface area contributed by atoms with Crippen LogP contribution < -0.4 is 16.4 Å². The van der Waals surface area contributed by atoms with Crippen LogP contribution >= 0.6 is 11.3 Å². The van der Waals surface area contributed by atoms with E-state index >= 15 is 0 Å². The summed E-state index contributed by atoms with van der Waals surface area (Å²) in [7, 11) is 0. The van der Waals surface area contributed by atoms with E-state index in [0.29, 0.717) is 11.6 Å². The Hall–Kier alpha value is -2.15. The van der Waals surface area contributed by atoms with Crippen LogP contribution in [-0.4, -0.2) is 15.9 Å². The van der Waals surface area contributed by atoms with E-state index < -0.39 is 0 Å². The molecule has 0 atom stereocenters. The van der Waals surface area contributed by atoms with Gasteiger partial charge in [0, 0.05) is 11.6 Å². The largest absolute Gasteiger partial charge is 0.384 e. The summed E-state index contributed by atoms with van der Waals surface area (Å²) in [5.41, 5.74) is 6.66. The first-order chi connectivity index (χ1) is 10.2. The van der Waals surface area contributed by atoms with E-state index in [1.54, 1.807) is 6.07 Å². The van der Waals surface area contributed by atoms with E-state index in [1.165, 1.54) is 30.5 Å². The Bertz CT molecular complexity index is 720. The van der Waals surface area contributed by atoms with Gasteiger partial charge in [-0.05, 0) is 18.9 Å². The zero-order valence-corrected chi connectivity index (χ0v) is 12.2. The van der Waals surface area contributed by atoms with Gasteiger partial charge in [0.15, 0.2) is 0 Å². The van der Waals surface area contributed by atoms with E-state index in [4.69, 9.17) is 5.73 Å². The maximum Gasteiger partial charge on any atom is 0.262 e. The number of hydrogen-bond donors (Lipinski definition) is 3. The zero-order valence-electron chi connectivity index (χ0n) is 11.3. The van der Waals surface area contributed by atoms with Crippen LogP contribution in [0.1, 0.15) is 40.9 Å². The summed E-state index contributed by atoms with van der Waals surface area (Å²) in [5, 5.41) is 7.30. The molecule has 0 saturated heterocycles. The van der Waals surface area contributed by atoms with Gasteiger partial charge in [0.2, 0.25) is 0 Å². The van der Waals surface area contributed by atoms with E-state index in [1.807, 2.05) is 0 Å². The second kappa shape index (κ2) is 4.42.